The fraction of sp³-hybridized carbons (Fsp3) is 0.500. The number of aliphatic hydroxyl groups is 1. The Morgan fingerprint density at radius 3 is 2.02 bits per heavy atom. The second-order valence-corrected chi connectivity index (χ2v) is 16.1. The number of carbonyl (C=O) groups is 1. The molecule has 3 atom stereocenters. The molecular formula is C34H38F6N4O4S2. The number of sulfonamides is 1. The zero-order valence-corrected chi connectivity index (χ0v) is 28.7. The number of hydrogen-bond donors (Lipinski definition) is 1. The Bertz CT molecular complexity index is 1730. The van der Waals surface area contributed by atoms with Gasteiger partial charge in [-0.15, -0.1) is 11.3 Å². The minimum absolute atomic E-state index is 0.0307. The summed E-state index contributed by atoms with van der Waals surface area (Å²) in [5.41, 5.74) is -2.39. The topological polar surface area (TPSA) is 84.4 Å². The Kier molecular flexibility index (Phi) is 10.7. The van der Waals surface area contributed by atoms with E-state index in [9.17, 15) is 44.7 Å². The first-order valence-corrected chi connectivity index (χ1v) is 18.8. The molecule has 3 aliphatic heterocycles. The van der Waals surface area contributed by atoms with Crippen LogP contribution in [0.4, 0.5) is 26.3 Å². The van der Waals surface area contributed by atoms with Crippen molar-refractivity contribution in [2.24, 2.45) is 0 Å². The molecule has 1 amide bonds. The average Bonchev–Trinajstić information content (AvgIpc) is 3.79. The van der Waals surface area contributed by atoms with E-state index in [0.29, 0.717) is 82.6 Å². The number of piperidine rings is 1. The van der Waals surface area contributed by atoms with Gasteiger partial charge in [-0.2, -0.15) is 30.6 Å². The lowest BCUT2D eigenvalue weighted by Crippen LogP contribution is -2.58. The van der Waals surface area contributed by atoms with E-state index in [4.69, 9.17) is 0 Å². The van der Waals surface area contributed by atoms with Crippen LogP contribution in [0.5, 0.6) is 0 Å². The summed E-state index contributed by atoms with van der Waals surface area (Å²) >= 11 is 1.10. The molecule has 0 saturated carbocycles. The van der Waals surface area contributed by atoms with Gasteiger partial charge in [0.1, 0.15) is 4.21 Å². The Balaban J connectivity index is 1.13. The molecule has 272 valence electrons. The summed E-state index contributed by atoms with van der Waals surface area (Å²) < 4.78 is 110. The molecule has 3 fully saturated rings. The number of nitrogens with zero attached hydrogens (tertiary/aromatic N) is 4. The Labute approximate surface area is 290 Å². The summed E-state index contributed by atoms with van der Waals surface area (Å²) in [5, 5.41) is 11.2. The van der Waals surface area contributed by atoms with Crippen LogP contribution in [0.3, 0.4) is 0 Å². The third-order valence-electron chi connectivity index (χ3n) is 10.1. The normalized spacial score (nSPS) is 23.4. The maximum absolute atomic E-state index is 13.8. The van der Waals surface area contributed by atoms with Gasteiger partial charge in [0.25, 0.3) is 15.9 Å². The van der Waals surface area contributed by atoms with Crippen molar-refractivity contribution >= 4 is 27.3 Å². The summed E-state index contributed by atoms with van der Waals surface area (Å²) in [5.74, 6) is -0.861. The van der Waals surface area contributed by atoms with Crippen molar-refractivity contribution in [3.05, 3.63) is 87.8 Å². The highest BCUT2D eigenvalue weighted by atomic mass is 32.2. The van der Waals surface area contributed by atoms with Crippen LogP contribution in [-0.2, 0) is 35.4 Å². The molecule has 0 bridgehead atoms. The molecule has 0 radical (unpaired) electrons. The van der Waals surface area contributed by atoms with Crippen LogP contribution in [0.25, 0.3) is 0 Å². The number of halogens is 6. The second kappa shape index (κ2) is 14.5. The van der Waals surface area contributed by atoms with Gasteiger partial charge in [0, 0.05) is 75.1 Å². The predicted molar refractivity (Wildman–Crippen MR) is 175 cm³/mol. The zero-order valence-electron chi connectivity index (χ0n) is 27.0. The maximum Gasteiger partial charge on any atom is 0.416 e. The highest BCUT2D eigenvalue weighted by Crippen LogP contribution is 2.38. The number of likely N-dealkylation sites (tertiary alicyclic amines) is 1. The monoisotopic (exact) mass is 744 g/mol. The van der Waals surface area contributed by atoms with E-state index in [0.717, 1.165) is 16.9 Å². The molecule has 0 aliphatic carbocycles. The fourth-order valence-electron chi connectivity index (χ4n) is 7.43. The summed E-state index contributed by atoms with van der Waals surface area (Å²) in [6, 6.07) is 11.6. The van der Waals surface area contributed by atoms with Crippen LogP contribution < -0.4 is 0 Å². The average molecular weight is 745 g/mol. The fourth-order valence-corrected chi connectivity index (χ4v) is 10.5. The molecule has 3 aliphatic rings. The summed E-state index contributed by atoms with van der Waals surface area (Å²) in [7, 11) is -3.71. The number of carbonyl (C=O) groups excluding carboxylic acids is 1. The maximum atomic E-state index is 13.8. The van der Waals surface area contributed by atoms with E-state index in [1.807, 2.05) is 30.3 Å². The van der Waals surface area contributed by atoms with E-state index >= 15 is 0 Å². The van der Waals surface area contributed by atoms with E-state index < -0.39 is 51.0 Å². The smallest absolute Gasteiger partial charge is 0.392 e. The molecule has 8 nitrogen and oxygen atoms in total. The Hall–Kier alpha value is -3.02. The van der Waals surface area contributed by atoms with Gasteiger partial charge in [-0.05, 0) is 60.9 Å². The van der Waals surface area contributed by atoms with Gasteiger partial charge >= 0.3 is 12.4 Å². The van der Waals surface area contributed by atoms with E-state index in [1.165, 1.54) is 9.21 Å². The van der Waals surface area contributed by atoms with Gasteiger partial charge in [-0.25, -0.2) is 8.42 Å². The Morgan fingerprint density at radius 1 is 0.820 bits per heavy atom. The molecule has 1 N–H and O–H groups in total. The molecular weight excluding hydrogens is 707 g/mol. The van der Waals surface area contributed by atoms with Crippen LogP contribution in [0.1, 0.15) is 51.9 Å². The van der Waals surface area contributed by atoms with Gasteiger partial charge in [0.05, 0.1) is 17.7 Å². The van der Waals surface area contributed by atoms with E-state index in [-0.39, 0.29) is 35.5 Å². The first-order chi connectivity index (χ1) is 23.6. The molecule has 3 unspecified atom stereocenters. The third-order valence-corrected chi connectivity index (χ3v) is 13.5. The van der Waals surface area contributed by atoms with Crippen molar-refractivity contribution in [3.8, 4) is 0 Å². The number of alkyl halides is 6. The van der Waals surface area contributed by atoms with E-state index in [1.54, 1.807) is 11.4 Å². The predicted octanol–water partition coefficient (Wildman–Crippen LogP) is 5.57. The zero-order chi connectivity index (χ0) is 35.8. The standard InChI is InChI=1S/C34H38F6N4O4S2/c35-33(36,37)26-17-25(18-27(19-26)34(38,39)40)31(46)44-10-7-28(20-30(44)16-23-4-2-1-3-5-23)41-11-13-42(14-12-41)29-6-9-43(21-29)50(47,48)32-24(22-45)8-15-49-32/h1-5,8,15,17-19,28-30,45H,6-7,9-14,16,20-22H2. The van der Waals surface area contributed by atoms with Crippen molar-refractivity contribution in [3.63, 3.8) is 0 Å². The molecule has 50 heavy (non-hydrogen) atoms. The number of aliphatic hydroxyl groups excluding tert-OH is 1. The highest BCUT2D eigenvalue weighted by Gasteiger charge is 2.42. The first-order valence-electron chi connectivity index (χ1n) is 16.4. The number of thiophene rings is 1. The van der Waals surface area contributed by atoms with Gasteiger partial charge in [-0.1, -0.05) is 30.3 Å². The number of amides is 1. The molecule has 3 saturated heterocycles. The van der Waals surface area contributed by atoms with Gasteiger partial charge in [-0.3, -0.25) is 14.6 Å². The van der Waals surface area contributed by atoms with Gasteiger partial charge in [0.15, 0.2) is 0 Å². The molecule has 2 aromatic carbocycles. The SMILES string of the molecule is O=C(c1cc(C(F)(F)F)cc(C(F)(F)F)c1)N1CCC(N2CCN(C3CCN(S(=O)(=O)c4sccc4CO)C3)CC2)CC1Cc1ccccc1. The highest BCUT2D eigenvalue weighted by molar-refractivity contribution is 7.91. The molecule has 16 heteroatoms. The third kappa shape index (κ3) is 7.89. The van der Waals surface area contributed by atoms with Crippen molar-refractivity contribution in [2.45, 2.75) is 67.0 Å². The van der Waals surface area contributed by atoms with Gasteiger partial charge in [0.2, 0.25) is 0 Å². The largest absolute Gasteiger partial charge is 0.416 e. The van der Waals surface area contributed by atoms with Crippen molar-refractivity contribution < 1.29 is 44.7 Å². The molecule has 6 rings (SSSR count). The summed E-state index contributed by atoms with van der Waals surface area (Å²) in [4.78, 5) is 19.8. The van der Waals surface area contributed by atoms with E-state index in [2.05, 4.69) is 9.80 Å². The lowest BCUT2D eigenvalue weighted by Gasteiger charge is -2.47. The van der Waals surface area contributed by atoms with Crippen molar-refractivity contribution in [2.75, 3.05) is 45.8 Å². The van der Waals surface area contributed by atoms with Crippen LogP contribution in [0.2, 0.25) is 0 Å². The number of rotatable bonds is 8. The first kappa shape index (κ1) is 36.8. The van der Waals surface area contributed by atoms with Crippen LogP contribution in [0, 0.1) is 0 Å². The summed E-state index contributed by atoms with van der Waals surface area (Å²) in [6.07, 6.45) is -8.05. The van der Waals surface area contributed by atoms with Crippen LogP contribution in [-0.4, -0.2) is 102 Å². The van der Waals surface area contributed by atoms with Gasteiger partial charge < -0.3 is 10.0 Å². The summed E-state index contributed by atoms with van der Waals surface area (Å²) in [6.45, 7) is 3.37. The van der Waals surface area contributed by atoms with Crippen molar-refractivity contribution in [1.29, 1.82) is 0 Å². The minimum atomic E-state index is -5.06. The molecule has 3 aromatic rings. The second-order valence-electron chi connectivity index (χ2n) is 13.1. The lowest BCUT2D eigenvalue weighted by molar-refractivity contribution is -0.143. The Morgan fingerprint density at radius 2 is 1.42 bits per heavy atom. The molecule has 4 heterocycles. The minimum Gasteiger partial charge on any atom is -0.392 e. The van der Waals surface area contributed by atoms with Crippen molar-refractivity contribution in [1.82, 2.24) is 19.0 Å². The number of hydrogen-bond acceptors (Lipinski definition) is 7. The number of benzene rings is 2. The quantitative estimate of drug-likeness (QED) is 0.304. The van der Waals surface area contributed by atoms with Crippen LogP contribution >= 0.6 is 11.3 Å². The molecule has 1 aromatic heterocycles. The molecule has 0 spiro atoms. The lowest BCUT2D eigenvalue weighted by atomic mass is 9.90. The van der Waals surface area contributed by atoms with Crippen LogP contribution in [0.15, 0.2) is 64.2 Å². The number of piperazine rings is 1.